The predicted octanol–water partition coefficient (Wildman–Crippen LogP) is 3.93. The molecule has 0 spiro atoms. The summed E-state index contributed by atoms with van der Waals surface area (Å²) < 4.78 is 0. The zero-order valence-electron chi connectivity index (χ0n) is 19.5. The third-order valence-electron chi connectivity index (χ3n) is 6.41. The number of carbonyl (C=O) groups excluding carboxylic acids is 2. The van der Waals surface area contributed by atoms with Crippen LogP contribution in [0.15, 0.2) is 94.4 Å². The lowest BCUT2D eigenvalue weighted by Gasteiger charge is -2.34. The third kappa shape index (κ3) is 5.15. The lowest BCUT2D eigenvalue weighted by atomic mass is 10.2. The Balaban J connectivity index is 1.41. The molecule has 2 amide bonds. The Bertz CT molecular complexity index is 1270. The largest absolute Gasteiger partial charge is 0.355 e. The molecule has 1 fully saturated rings. The fourth-order valence-electron chi connectivity index (χ4n) is 4.55. The number of imide groups is 1. The van der Waals surface area contributed by atoms with Crippen LogP contribution in [0, 0.1) is 6.92 Å². The summed E-state index contributed by atoms with van der Waals surface area (Å²) >= 11 is 7.55. The van der Waals surface area contributed by atoms with Crippen molar-refractivity contribution in [1.82, 2.24) is 4.90 Å². The van der Waals surface area contributed by atoms with Crippen LogP contribution in [0.5, 0.6) is 0 Å². The molecule has 1 N–H and O–H groups in total. The van der Waals surface area contributed by atoms with Gasteiger partial charge in [-0.2, -0.15) is 0 Å². The number of benzene rings is 3. The summed E-state index contributed by atoms with van der Waals surface area (Å²) in [5.74, 6) is -0.574. The average Bonchev–Trinajstić information content (AvgIpc) is 3.11. The Morgan fingerprint density at radius 2 is 1.60 bits per heavy atom. The SMILES string of the molecule is Cc1ccc(SC2=C(N3CC[NH+](Cc4ccccc4)CC3)C(=O)N(c3cccc(Cl)c3)C2=O)cc1. The Morgan fingerprint density at radius 1 is 0.886 bits per heavy atom. The average molecular weight is 505 g/mol. The van der Waals surface area contributed by atoms with Crippen LogP contribution in [-0.2, 0) is 16.1 Å². The van der Waals surface area contributed by atoms with E-state index in [-0.39, 0.29) is 11.8 Å². The lowest BCUT2D eigenvalue weighted by Crippen LogP contribution is -3.13. The number of aryl methyl sites for hydroxylation is 1. The molecule has 2 aliphatic heterocycles. The molecular formula is C28H27ClN3O2S+. The highest BCUT2D eigenvalue weighted by Crippen LogP contribution is 2.39. The van der Waals surface area contributed by atoms with E-state index in [2.05, 4.69) is 29.2 Å². The van der Waals surface area contributed by atoms with E-state index in [1.54, 1.807) is 24.3 Å². The summed E-state index contributed by atoms with van der Waals surface area (Å²) in [6.07, 6.45) is 0. The molecular weight excluding hydrogens is 478 g/mol. The maximum Gasteiger partial charge on any atom is 0.283 e. The van der Waals surface area contributed by atoms with Crippen molar-refractivity contribution >= 4 is 40.9 Å². The summed E-state index contributed by atoms with van der Waals surface area (Å²) in [5.41, 5.74) is 3.46. The van der Waals surface area contributed by atoms with Crippen LogP contribution in [0.3, 0.4) is 0 Å². The van der Waals surface area contributed by atoms with Gasteiger partial charge >= 0.3 is 0 Å². The highest BCUT2D eigenvalue weighted by molar-refractivity contribution is 8.04. The number of nitrogens with one attached hydrogen (secondary N) is 1. The van der Waals surface area contributed by atoms with E-state index >= 15 is 0 Å². The molecule has 1 saturated heterocycles. The molecule has 35 heavy (non-hydrogen) atoms. The molecule has 2 aliphatic rings. The second-order valence-electron chi connectivity index (χ2n) is 8.92. The summed E-state index contributed by atoms with van der Waals surface area (Å²) in [4.78, 5) is 33.6. The van der Waals surface area contributed by atoms with Gasteiger partial charge in [0.05, 0.1) is 31.9 Å². The van der Waals surface area contributed by atoms with E-state index in [0.29, 0.717) is 21.3 Å². The quantitative estimate of drug-likeness (QED) is 0.517. The first-order valence-electron chi connectivity index (χ1n) is 11.7. The Kier molecular flexibility index (Phi) is 6.95. The lowest BCUT2D eigenvalue weighted by molar-refractivity contribution is -0.917. The third-order valence-corrected chi connectivity index (χ3v) is 7.72. The second kappa shape index (κ2) is 10.3. The van der Waals surface area contributed by atoms with Crippen molar-refractivity contribution in [3.05, 3.63) is 106 Å². The summed E-state index contributed by atoms with van der Waals surface area (Å²) in [6.45, 7) is 6.23. The minimum absolute atomic E-state index is 0.279. The standard InChI is InChI=1S/C28H26ClN3O2S/c1-20-10-12-24(13-11-20)35-26-25(27(33)32(28(26)34)23-9-5-8-22(29)18-23)31-16-14-30(15-17-31)19-21-6-3-2-4-7-21/h2-13,18H,14-17,19H2,1H3/p+1. The maximum atomic E-state index is 13.7. The van der Waals surface area contributed by atoms with Gasteiger partial charge in [-0.15, -0.1) is 0 Å². The van der Waals surface area contributed by atoms with Gasteiger partial charge in [0.1, 0.15) is 17.1 Å². The molecule has 2 heterocycles. The molecule has 5 nitrogen and oxygen atoms in total. The molecule has 178 valence electrons. The van der Waals surface area contributed by atoms with Crippen molar-refractivity contribution < 1.29 is 14.5 Å². The van der Waals surface area contributed by atoms with Gasteiger partial charge in [0.25, 0.3) is 11.8 Å². The van der Waals surface area contributed by atoms with E-state index in [1.165, 1.54) is 27.1 Å². The van der Waals surface area contributed by atoms with Crippen molar-refractivity contribution in [2.75, 3.05) is 31.1 Å². The number of amides is 2. The molecule has 3 aromatic rings. The number of rotatable bonds is 6. The number of anilines is 1. The fourth-order valence-corrected chi connectivity index (χ4v) is 5.73. The smallest absolute Gasteiger partial charge is 0.283 e. The van der Waals surface area contributed by atoms with Gasteiger partial charge in [0.2, 0.25) is 0 Å². The molecule has 7 heteroatoms. The van der Waals surface area contributed by atoms with Gasteiger partial charge in [0.15, 0.2) is 0 Å². The maximum absolute atomic E-state index is 13.7. The molecule has 0 atom stereocenters. The number of thioether (sulfide) groups is 1. The number of halogens is 1. The Morgan fingerprint density at radius 3 is 2.29 bits per heavy atom. The minimum atomic E-state index is -0.295. The second-order valence-corrected chi connectivity index (χ2v) is 10.4. The van der Waals surface area contributed by atoms with Gasteiger partial charge in [-0.05, 0) is 37.3 Å². The van der Waals surface area contributed by atoms with Gasteiger partial charge in [-0.25, -0.2) is 4.90 Å². The van der Waals surface area contributed by atoms with E-state index in [4.69, 9.17) is 11.6 Å². The first kappa shape index (κ1) is 23.7. The van der Waals surface area contributed by atoms with E-state index < -0.39 is 0 Å². The summed E-state index contributed by atoms with van der Waals surface area (Å²) in [7, 11) is 0. The fraction of sp³-hybridized carbons (Fsp3) is 0.214. The van der Waals surface area contributed by atoms with Crippen LogP contribution in [0.25, 0.3) is 0 Å². The molecule has 5 rings (SSSR count). The minimum Gasteiger partial charge on any atom is -0.355 e. The van der Waals surface area contributed by atoms with Gasteiger partial charge in [-0.3, -0.25) is 9.59 Å². The number of carbonyl (C=O) groups is 2. The van der Waals surface area contributed by atoms with E-state index in [0.717, 1.165) is 43.2 Å². The molecule has 0 aromatic heterocycles. The number of nitrogens with zero attached hydrogens (tertiary/aromatic N) is 2. The molecule has 0 aliphatic carbocycles. The van der Waals surface area contributed by atoms with Crippen LogP contribution >= 0.6 is 23.4 Å². The molecule has 0 saturated carbocycles. The van der Waals surface area contributed by atoms with Crippen molar-refractivity contribution in [2.24, 2.45) is 0 Å². The van der Waals surface area contributed by atoms with Crippen LogP contribution in [-0.4, -0.2) is 42.9 Å². The zero-order chi connectivity index (χ0) is 24.4. The first-order valence-corrected chi connectivity index (χ1v) is 12.9. The van der Waals surface area contributed by atoms with Crippen molar-refractivity contribution in [3.8, 4) is 0 Å². The number of hydrogen-bond acceptors (Lipinski definition) is 4. The normalized spacial score (nSPS) is 17.0. The van der Waals surface area contributed by atoms with E-state index in [1.807, 2.05) is 37.3 Å². The van der Waals surface area contributed by atoms with Crippen LogP contribution in [0.1, 0.15) is 11.1 Å². The topological polar surface area (TPSA) is 45.1 Å². The number of quaternary nitrogens is 1. The first-order chi connectivity index (χ1) is 17.0. The van der Waals surface area contributed by atoms with Gasteiger partial charge < -0.3 is 9.80 Å². The van der Waals surface area contributed by atoms with Crippen LogP contribution in [0.4, 0.5) is 5.69 Å². The van der Waals surface area contributed by atoms with Crippen LogP contribution in [0.2, 0.25) is 5.02 Å². The van der Waals surface area contributed by atoms with Gasteiger partial charge in [0, 0.05) is 15.5 Å². The number of piperazine rings is 1. The van der Waals surface area contributed by atoms with E-state index in [9.17, 15) is 9.59 Å². The summed E-state index contributed by atoms with van der Waals surface area (Å²) in [5, 5.41) is 0.488. The highest BCUT2D eigenvalue weighted by atomic mass is 35.5. The Hall–Kier alpha value is -3.06. The zero-order valence-corrected chi connectivity index (χ0v) is 21.1. The number of hydrogen-bond donors (Lipinski definition) is 1. The molecule has 0 radical (unpaired) electrons. The molecule has 0 bridgehead atoms. The van der Waals surface area contributed by atoms with Crippen molar-refractivity contribution in [3.63, 3.8) is 0 Å². The predicted molar refractivity (Wildman–Crippen MR) is 140 cm³/mol. The molecule has 3 aromatic carbocycles. The Labute approximate surface area is 215 Å². The monoisotopic (exact) mass is 504 g/mol. The summed E-state index contributed by atoms with van der Waals surface area (Å²) in [6, 6.07) is 25.4. The molecule has 0 unspecified atom stereocenters. The van der Waals surface area contributed by atoms with Crippen molar-refractivity contribution in [2.45, 2.75) is 18.4 Å². The van der Waals surface area contributed by atoms with Crippen molar-refractivity contribution in [1.29, 1.82) is 0 Å². The highest BCUT2D eigenvalue weighted by Gasteiger charge is 2.43. The van der Waals surface area contributed by atoms with Gasteiger partial charge in [-0.1, -0.05) is 77.5 Å². The van der Waals surface area contributed by atoms with Crippen LogP contribution < -0.4 is 9.80 Å².